The molecule has 0 unspecified atom stereocenters. The number of carbonyl (C=O) groups is 1. The lowest BCUT2D eigenvalue weighted by Crippen LogP contribution is -2.27. The number of rotatable bonds is 3. The zero-order valence-electron chi connectivity index (χ0n) is 10.0. The first-order valence-corrected chi connectivity index (χ1v) is 5.39. The fourth-order valence-electron chi connectivity index (χ4n) is 1.53. The molecule has 1 aromatic rings. The zero-order valence-corrected chi connectivity index (χ0v) is 10.0. The van der Waals surface area contributed by atoms with Crippen LogP contribution in [0.2, 0.25) is 0 Å². The summed E-state index contributed by atoms with van der Waals surface area (Å²) in [5.74, 6) is -1.93. The topological polar surface area (TPSA) is 20.3 Å². The van der Waals surface area contributed by atoms with Gasteiger partial charge in [-0.2, -0.15) is 13.2 Å². The smallest absolute Gasteiger partial charge is 0.342 e. The van der Waals surface area contributed by atoms with Crippen molar-refractivity contribution in [2.24, 2.45) is 0 Å². The molecule has 0 atom stereocenters. The van der Waals surface area contributed by atoms with Crippen LogP contribution in [0.5, 0.6) is 0 Å². The fourth-order valence-corrected chi connectivity index (χ4v) is 1.53. The summed E-state index contributed by atoms with van der Waals surface area (Å²) < 4.78 is 50.5. The van der Waals surface area contributed by atoms with E-state index in [-0.39, 0.29) is 5.56 Å². The van der Waals surface area contributed by atoms with Crippen molar-refractivity contribution in [3.05, 3.63) is 35.1 Å². The van der Waals surface area contributed by atoms with Crippen LogP contribution in [0.15, 0.2) is 18.2 Å². The van der Waals surface area contributed by atoms with Gasteiger partial charge in [0.1, 0.15) is 5.82 Å². The minimum absolute atomic E-state index is 0.167. The molecule has 0 aromatic heterocycles. The van der Waals surface area contributed by atoms with E-state index < -0.39 is 23.5 Å². The van der Waals surface area contributed by atoms with Crippen molar-refractivity contribution in [1.29, 1.82) is 0 Å². The number of halogens is 4. The molecule has 1 aromatic carbocycles. The third-order valence-corrected chi connectivity index (χ3v) is 2.42. The van der Waals surface area contributed by atoms with Crippen LogP contribution in [0.1, 0.15) is 29.3 Å². The molecule has 0 heterocycles. The number of alkyl halides is 3. The van der Waals surface area contributed by atoms with Gasteiger partial charge in [-0.3, -0.25) is 4.79 Å². The summed E-state index contributed by atoms with van der Waals surface area (Å²) in [6, 6.07) is 2.26. The third kappa shape index (κ3) is 3.21. The molecule has 0 bridgehead atoms. The summed E-state index contributed by atoms with van der Waals surface area (Å²) in [4.78, 5) is 13.1. The van der Waals surface area contributed by atoms with Crippen LogP contribution in [0.25, 0.3) is 0 Å². The highest BCUT2D eigenvalue weighted by atomic mass is 19.4. The van der Waals surface area contributed by atoms with E-state index >= 15 is 0 Å². The summed E-state index contributed by atoms with van der Waals surface area (Å²) in [7, 11) is 1.49. The lowest BCUT2D eigenvalue weighted by Gasteiger charge is -2.17. The molecule has 18 heavy (non-hydrogen) atoms. The lowest BCUT2D eigenvalue weighted by atomic mass is 10.1. The second-order valence-electron chi connectivity index (χ2n) is 3.92. The van der Waals surface area contributed by atoms with Crippen molar-refractivity contribution in [2.75, 3.05) is 13.6 Å². The van der Waals surface area contributed by atoms with Crippen molar-refractivity contribution in [1.82, 2.24) is 4.90 Å². The van der Waals surface area contributed by atoms with Crippen LogP contribution < -0.4 is 0 Å². The molecule has 0 aliphatic carbocycles. The maximum absolute atomic E-state index is 13.0. The molecule has 6 heteroatoms. The molecule has 0 radical (unpaired) electrons. The van der Waals surface area contributed by atoms with Crippen LogP contribution >= 0.6 is 0 Å². The van der Waals surface area contributed by atoms with E-state index in [9.17, 15) is 22.4 Å². The summed E-state index contributed by atoms with van der Waals surface area (Å²) >= 11 is 0. The molecule has 0 spiro atoms. The summed E-state index contributed by atoms with van der Waals surface area (Å²) in [6.07, 6.45) is -4.11. The molecule has 0 aliphatic rings. The molecule has 0 saturated carbocycles. The van der Waals surface area contributed by atoms with Crippen LogP contribution in [0, 0.1) is 5.82 Å². The van der Waals surface area contributed by atoms with E-state index in [0.29, 0.717) is 25.1 Å². The van der Waals surface area contributed by atoms with Crippen molar-refractivity contribution in [2.45, 2.75) is 19.5 Å². The van der Waals surface area contributed by atoms with Gasteiger partial charge in [0.15, 0.2) is 0 Å². The Morgan fingerprint density at radius 1 is 1.33 bits per heavy atom. The Bertz CT molecular complexity index is 442. The van der Waals surface area contributed by atoms with E-state index in [1.54, 1.807) is 0 Å². The minimum Gasteiger partial charge on any atom is -0.342 e. The second kappa shape index (κ2) is 5.37. The molecule has 1 amide bonds. The van der Waals surface area contributed by atoms with E-state index in [2.05, 4.69) is 0 Å². The first-order valence-electron chi connectivity index (χ1n) is 5.39. The SMILES string of the molecule is CCCN(C)C(=O)c1ccc(F)c(C(F)(F)F)c1. The number of hydrogen-bond donors (Lipinski definition) is 0. The fraction of sp³-hybridized carbons (Fsp3) is 0.417. The Hall–Kier alpha value is -1.59. The largest absolute Gasteiger partial charge is 0.419 e. The summed E-state index contributed by atoms with van der Waals surface area (Å²) in [5, 5.41) is 0. The molecule has 0 fully saturated rings. The predicted octanol–water partition coefficient (Wildman–Crippen LogP) is 3.33. The maximum Gasteiger partial charge on any atom is 0.419 e. The van der Waals surface area contributed by atoms with E-state index in [0.717, 1.165) is 6.07 Å². The lowest BCUT2D eigenvalue weighted by molar-refractivity contribution is -0.140. The van der Waals surface area contributed by atoms with Gasteiger partial charge >= 0.3 is 6.18 Å². The molecular weight excluding hydrogens is 250 g/mol. The number of benzene rings is 1. The van der Waals surface area contributed by atoms with Gasteiger partial charge in [-0.25, -0.2) is 4.39 Å². The highest BCUT2D eigenvalue weighted by molar-refractivity contribution is 5.94. The first kappa shape index (κ1) is 14.5. The number of nitrogens with zero attached hydrogens (tertiary/aromatic N) is 1. The average Bonchev–Trinajstić information content (AvgIpc) is 2.27. The average molecular weight is 263 g/mol. The maximum atomic E-state index is 13.0. The first-order chi connectivity index (χ1) is 8.27. The number of amides is 1. The second-order valence-corrected chi connectivity index (χ2v) is 3.92. The van der Waals surface area contributed by atoms with Gasteiger partial charge in [0.05, 0.1) is 5.56 Å². The third-order valence-electron chi connectivity index (χ3n) is 2.42. The molecule has 2 nitrogen and oxygen atoms in total. The normalized spacial score (nSPS) is 11.4. The minimum atomic E-state index is -4.80. The van der Waals surface area contributed by atoms with Gasteiger partial charge in [0.2, 0.25) is 0 Å². The quantitative estimate of drug-likeness (QED) is 0.766. The summed E-state index contributed by atoms with van der Waals surface area (Å²) in [5.41, 5.74) is -1.59. The Kier molecular flexibility index (Phi) is 4.32. The van der Waals surface area contributed by atoms with E-state index in [4.69, 9.17) is 0 Å². The monoisotopic (exact) mass is 263 g/mol. The standard InChI is InChI=1S/C12H13F4NO/c1-3-6-17(2)11(18)8-4-5-10(13)9(7-8)12(14,15)16/h4-5,7H,3,6H2,1-2H3. The van der Waals surface area contributed by atoms with Crippen LogP contribution in [-0.4, -0.2) is 24.4 Å². The molecule has 0 N–H and O–H groups in total. The Labute approximate surface area is 102 Å². The Morgan fingerprint density at radius 3 is 2.44 bits per heavy atom. The van der Waals surface area contributed by atoms with Gasteiger partial charge in [-0.05, 0) is 24.6 Å². The molecule has 1 rings (SSSR count). The van der Waals surface area contributed by atoms with Crippen molar-refractivity contribution in [3.63, 3.8) is 0 Å². The van der Waals surface area contributed by atoms with Gasteiger partial charge in [0.25, 0.3) is 5.91 Å². The molecular formula is C12H13F4NO. The zero-order chi connectivity index (χ0) is 13.9. The predicted molar refractivity (Wildman–Crippen MR) is 58.7 cm³/mol. The van der Waals surface area contributed by atoms with Crippen molar-refractivity contribution in [3.8, 4) is 0 Å². The Morgan fingerprint density at radius 2 is 1.94 bits per heavy atom. The number of hydrogen-bond acceptors (Lipinski definition) is 1. The molecule has 0 aliphatic heterocycles. The molecule has 0 saturated heterocycles. The highest BCUT2D eigenvalue weighted by Crippen LogP contribution is 2.32. The van der Waals surface area contributed by atoms with Gasteiger partial charge in [-0.15, -0.1) is 0 Å². The van der Waals surface area contributed by atoms with Gasteiger partial charge in [-0.1, -0.05) is 6.92 Å². The van der Waals surface area contributed by atoms with Crippen molar-refractivity contribution < 1.29 is 22.4 Å². The Balaban J connectivity index is 3.09. The van der Waals surface area contributed by atoms with E-state index in [1.807, 2.05) is 6.92 Å². The number of carbonyl (C=O) groups excluding carboxylic acids is 1. The molecule has 100 valence electrons. The van der Waals surface area contributed by atoms with Crippen molar-refractivity contribution >= 4 is 5.91 Å². The van der Waals surface area contributed by atoms with Crippen LogP contribution in [0.4, 0.5) is 17.6 Å². The van der Waals surface area contributed by atoms with E-state index in [1.165, 1.54) is 11.9 Å². The van der Waals surface area contributed by atoms with Crippen LogP contribution in [-0.2, 0) is 6.18 Å². The van der Waals surface area contributed by atoms with Crippen LogP contribution in [0.3, 0.4) is 0 Å². The van der Waals surface area contributed by atoms with Gasteiger partial charge in [0, 0.05) is 19.2 Å². The highest BCUT2D eigenvalue weighted by Gasteiger charge is 2.34. The van der Waals surface area contributed by atoms with Gasteiger partial charge < -0.3 is 4.90 Å². The summed E-state index contributed by atoms with van der Waals surface area (Å²) in [6.45, 7) is 2.27.